The Morgan fingerprint density at radius 1 is 1.38 bits per heavy atom. The van der Waals surface area contributed by atoms with E-state index in [4.69, 9.17) is 9.47 Å². The third-order valence-electron chi connectivity index (χ3n) is 2.38. The number of aliphatic hydroxyl groups excluding tert-OH is 1. The van der Waals surface area contributed by atoms with E-state index in [1.165, 1.54) is 4.90 Å². The van der Waals surface area contributed by atoms with Crippen LogP contribution in [-0.2, 0) is 9.47 Å². The number of amides is 1. The number of rotatable bonds is 1. The molecule has 1 heterocycles. The van der Waals surface area contributed by atoms with Gasteiger partial charge < -0.3 is 19.5 Å². The summed E-state index contributed by atoms with van der Waals surface area (Å²) in [5.74, 6) is 0. The van der Waals surface area contributed by atoms with Crippen LogP contribution in [0, 0.1) is 0 Å². The Balaban J connectivity index is 2.55. The second-order valence-electron chi connectivity index (χ2n) is 5.13. The predicted molar refractivity (Wildman–Crippen MR) is 59.2 cm³/mol. The second kappa shape index (κ2) is 5.01. The molecule has 1 rings (SSSR count). The van der Waals surface area contributed by atoms with Crippen LogP contribution in [0.3, 0.4) is 0 Å². The van der Waals surface area contributed by atoms with E-state index in [9.17, 15) is 9.90 Å². The zero-order valence-corrected chi connectivity index (χ0v) is 10.4. The van der Waals surface area contributed by atoms with Crippen LogP contribution >= 0.6 is 0 Å². The number of hydrogen-bond acceptors (Lipinski definition) is 4. The highest BCUT2D eigenvalue weighted by Gasteiger charge is 2.31. The fourth-order valence-corrected chi connectivity index (χ4v) is 1.67. The Hall–Kier alpha value is -0.810. The molecular weight excluding hydrogens is 210 g/mol. The van der Waals surface area contributed by atoms with Crippen LogP contribution in [0.15, 0.2) is 0 Å². The Bertz CT molecular complexity index is 249. The Labute approximate surface area is 96.3 Å². The van der Waals surface area contributed by atoms with Crippen molar-refractivity contribution < 1.29 is 19.4 Å². The van der Waals surface area contributed by atoms with E-state index < -0.39 is 17.8 Å². The average Bonchev–Trinajstić information content (AvgIpc) is 2.14. The van der Waals surface area contributed by atoms with Gasteiger partial charge in [0.1, 0.15) is 5.60 Å². The highest BCUT2D eigenvalue weighted by Crippen LogP contribution is 2.17. The lowest BCUT2D eigenvalue weighted by atomic mass is 10.1. The fourth-order valence-electron chi connectivity index (χ4n) is 1.67. The lowest BCUT2D eigenvalue weighted by Gasteiger charge is -2.35. The smallest absolute Gasteiger partial charge is 0.410 e. The molecular formula is C11H21NO4. The van der Waals surface area contributed by atoms with Crippen molar-refractivity contribution in [3.63, 3.8) is 0 Å². The number of aliphatic hydroxyl groups is 1. The van der Waals surface area contributed by atoms with E-state index in [0.29, 0.717) is 19.5 Å². The fraction of sp³-hybridized carbons (Fsp3) is 0.909. The maximum absolute atomic E-state index is 11.8. The number of β-amino-alcohol motifs (C(OH)–C–C–N with tert-alkyl or cyclic N) is 1. The summed E-state index contributed by atoms with van der Waals surface area (Å²) < 4.78 is 10.4. The maximum atomic E-state index is 11.8. The standard InChI is InChI=1S/C11H21NO4/c1-11(2,3)16-10(14)12-6-8(13)5-9(7-12)15-4/h8-9,13H,5-7H2,1-4H3/t8-,9+/m0/s1. The summed E-state index contributed by atoms with van der Waals surface area (Å²) in [6.07, 6.45) is -0.480. The number of carbonyl (C=O) groups excluding carboxylic acids is 1. The maximum Gasteiger partial charge on any atom is 0.410 e. The Morgan fingerprint density at radius 2 is 2.00 bits per heavy atom. The van der Waals surface area contributed by atoms with E-state index in [0.717, 1.165) is 0 Å². The molecule has 0 aliphatic carbocycles. The molecule has 1 aliphatic heterocycles. The molecule has 1 saturated heterocycles. The number of ether oxygens (including phenoxy) is 2. The van der Waals surface area contributed by atoms with Gasteiger partial charge >= 0.3 is 6.09 Å². The van der Waals surface area contributed by atoms with Crippen molar-refractivity contribution in [2.75, 3.05) is 20.2 Å². The monoisotopic (exact) mass is 231 g/mol. The number of hydrogen-bond donors (Lipinski definition) is 1. The van der Waals surface area contributed by atoms with E-state index in [-0.39, 0.29) is 6.10 Å². The molecule has 1 fully saturated rings. The van der Waals surface area contributed by atoms with Crippen molar-refractivity contribution in [2.24, 2.45) is 0 Å². The summed E-state index contributed by atoms with van der Waals surface area (Å²) in [5.41, 5.74) is -0.512. The van der Waals surface area contributed by atoms with Crippen LogP contribution in [0.25, 0.3) is 0 Å². The molecule has 1 aliphatic rings. The molecule has 0 aromatic heterocycles. The zero-order chi connectivity index (χ0) is 12.3. The molecule has 0 aromatic carbocycles. The van der Waals surface area contributed by atoms with Crippen molar-refractivity contribution >= 4 is 6.09 Å². The van der Waals surface area contributed by atoms with Crippen LogP contribution in [0.4, 0.5) is 4.79 Å². The summed E-state index contributed by atoms with van der Waals surface area (Å²) in [4.78, 5) is 13.3. The molecule has 94 valence electrons. The van der Waals surface area contributed by atoms with Gasteiger partial charge in [0.05, 0.1) is 25.3 Å². The molecule has 0 bridgehead atoms. The van der Waals surface area contributed by atoms with Gasteiger partial charge in [-0.25, -0.2) is 4.79 Å². The van der Waals surface area contributed by atoms with Gasteiger partial charge in [-0.2, -0.15) is 0 Å². The van der Waals surface area contributed by atoms with Crippen molar-refractivity contribution in [1.82, 2.24) is 4.90 Å². The molecule has 1 amide bonds. The third-order valence-corrected chi connectivity index (χ3v) is 2.38. The van der Waals surface area contributed by atoms with Crippen LogP contribution in [-0.4, -0.2) is 54.1 Å². The minimum atomic E-state index is -0.536. The van der Waals surface area contributed by atoms with Gasteiger partial charge in [-0.3, -0.25) is 0 Å². The molecule has 0 spiro atoms. The summed E-state index contributed by atoms with van der Waals surface area (Å²) in [6.45, 7) is 6.24. The van der Waals surface area contributed by atoms with Crippen LogP contribution in [0.1, 0.15) is 27.2 Å². The molecule has 0 unspecified atom stereocenters. The number of likely N-dealkylation sites (tertiary alicyclic amines) is 1. The highest BCUT2D eigenvalue weighted by molar-refractivity contribution is 5.68. The zero-order valence-electron chi connectivity index (χ0n) is 10.4. The summed E-state index contributed by atoms with van der Waals surface area (Å²) in [7, 11) is 1.58. The molecule has 5 heteroatoms. The average molecular weight is 231 g/mol. The van der Waals surface area contributed by atoms with Crippen molar-refractivity contribution in [3.8, 4) is 0 Å². The van der Waals surface area contributed by atoms with Crippen LogP contribution in [0.5, 0.6) is 0 Å². The summed E-state index contributed by atoms with van der Waals surface area (Å²) >= 11 is 0. The minimum Gasteiger partial charge on any atom is -0.444 e. The number of methoxy groups -OCH3 is 1. The predicted octanol–water partition coefficient (Wildman–Crippen LogP) is 1.00. The van der Waals surface area contributed by atoms with Gasteiger partial charge in [-0.1, -0.05) is 0 Å². The van der Waals surface area contributed by atoms with Gasteiger partial charge in [0, 0.05) is 13.5 Å². The first-order valence-electron chi connectivity index (χ1n) is 5.50. The SMILES string of the molecule is CO[C@@H]1C[C@H](O)CN(C(=O)OC(C)(C)C)C1. The number of nitrogens with zero attached hydrogens (tertiary/aromatic N) is 1. The van der Waals surface area contributed by atoms with Gasteiger partial charge in [-0.05, 0) is 20.8 Å². The van der Waals surface area contributed by atoms with E-state index in [1.807, 2.05) is 20.8 Å². The molecule has 0 radical (unpaired) electrons. The lowest BCUT2D eigenvalue weighted by Crippen LogP contribution is -2.50. The van der Waals surface area contributed by atoms with Gasteiger partial charge in [0.2, 0.25) is 0 Å². The molecule has 5 nitrogen and oxygen atoms in total. The van der Waals surface area contributed by atoms with E-state index >= 15 is 0 Å². The molecule has 2 atom stereocenters. The summed E-state index contributed by atoms with van der Waals surface area (Å²) in [6, 6.07) is 0. The number of carbonyl (C=O) groups is 1. The quantitative estimate of drug-likeness (QED) is 0.731. The topological polar surface area (TPSA) is 59.0 Å². The summed E-state index contributed by atoms with van der Waals surface area (Å²) in [5, 5.41) is 9.60. The van der Waals surface area contributed by atoms with Crippen LogP contribution in [0.2, 0.25) is 0 Å². The van der Waals surface area contributed by atoms with Gasteiger partial charge in [-0.15, -0.1) is 0 Å². The van der Waals surface area contributed by atoms with E-state index in [1.54, 1.807) is 7.11 Å². The lowest BCUT2D eigenvalue weighted by molar-refractivity contribution is -0.0419. The molecule has 0 saturated carbocycles. The number of piperidine rings is 1. The van der Waals surface area contributed by atoms with Crippen LogP contribution < -0.4 is 0 Å². The second-order valence-corrected chi connectivity index (χ2v) is 5.13. The Morgan fingerprint density at radius 3 is 2.50 bits per heavy atom. The first-order chi connectivity index (χ1) is 7.31. The Kier molecular flexibility index (Phi) is 4.15. The molecule has 0 aromatic rings. The van der Waals surface area contributed by atoms with Crippen molar-refractivity contribution in [1.29, 1.82) is 0 Å². The largest absolute Gasteiger partial charge is 0.444 e. The first-order valence-corrected chi connectivity index (χ1v) is 5.50. The third kappa shape index (κ3) is 3.98. The van der Waals surface area contributed by atoms with Crippen molar-refractivity contribution in [2.45, 2.75) is 45.0 Å². The van der Waals surface area contributed by atoms with Crippen molar-refractivity contribution in [3.05, 3.63) is 0 Å². The van der Waals surface area contributed by atoms with E-state index in [2.05, 4.69) is 0 Å². The highest BCUT2D eigenvalue weighted by atomic mass is 16.6. The minimum absolute atomic E-state index is 0.115. The van der Waals surface area contributed by atoms with Gasteiger partial charge in [0.15, 0.2) is 0 Å². The normalized spacial score (nSPS) is 26.7. The van der Waals surface area contributed by atoms with Gasteiger partial charge in [0.25, 0.3) is 0 Å². The first kappa shape index (κ1) is 13.3. The molecule has 16 heavy (non-hydrogen) atoms. The molecule has 1 N–H and O–H groups in total.